The molecular formula is C9H9F5N2O. The SMILES string of the molecule is COc1cc(C(F)F)c(CN)nc1C(F)(F)F. The molecule has 3 nitrogen and oxygen atoms in total. The van der Waals surface area contributed by atoms with E-state index in [2.05, 4.69) is 9.72 Å². The van der Waals surface area contributed by atoms with Crippen LogP contribution in [0.1, 0.15) is 23.4 Å². The first-order valence-corrected chi connectivity index (χ1v) is 4.44. The predicted molar refractivity (Wildman–Crippen MR) is 48.6 cm³/mol. The first kappa shape index (κ1) is 13.6. The van der Waals surface area contributed by atoms with E-state index in [0.29, 0.717) is 6.07 Å². The van der Waals surface area contributed by atoms with Gasteiger partial charge in [-0.25, -0.2) is 13.8 Å². The van der Waals surface area contributed by atoms with Crippen LogP contribution in [0.3, 0.4) is 0 Å². The first-order chi connectivity index (χ1) is 7.81. The molecule has 1 aromatic heterocycles. The highest BCUT2D eigenvalue weighted by molar-refractivity contribution is 5.37. The number of nitrogens with two attached hydrogens (primary N) is 1. The fourth-order valence-electron chi connectivity index (χ4n) is 1.26. The molecule has 1 aromatic rings. The summed E-state index contributed by atoms with van der Waals surface area (Å²) in [5.74, 6) is -0.745. The second kappa shape index (κ2) is 4.82. The molecular weight excluding hydrogens is 247 g/mol. The summed E-state index contributed by atoms with van der Waals surface area (Å²) in [4.78, 5) is 3.10. The molecule has 1 heterocycles. The van der Waals surface area contributed by atoms with Crippen LogP contribution in [0.5, 0.6) is 5.75 Å². The van der Waals surface area contributed by atoms with Crippen LogP contribution in [0, 0.1) is 0 Å². The van der Waals surface area contributed by atoms with Crippen LogP contribution < -0.4 is 10.5 Å². The third kappa shape index (κ3) is 2.82. The molecule has 0 amide bonds. The Morgan fingerprint density at radius 3 is 2.35 bits per heavy atom. The van der Waals surface area contributed by atoms with Crippen LogP contribution >= 0.6 is 0 Å². The summed E-state index contributed by atoms with van der Waals surface area (Å²) in [6, 6.07) is 0.614. The lowest BCUT2D eigenvalue weighted by atomic mass is 10.1. The van der Waals surface area contributed by atoms with Gasteiger partial charge in [0, 0.05) is 12.1 Å². The fourth-order valence-corrected chi connectivity index (χ4v) is 1.26. The maximum atomic E-state index is 12.5. The zero-order valence-corrected chi connectivity index (χ0v) is 8.68. The molecule has 2 N–H and O–H groups in total. The third-order valence-electron chi connectivity index (χ3n) is 2.02. The Hall–Kier alpha value is -1.44. The van der Waals surface area contributed by atoms with Crippen molar-refractivity contribution in [1.29, 1.82) is 0 Å². The molecule has 0 aliphatic rings. The van der Waals surface area contributed by atoms with E-state index < -0.39 is 41.8 Å². The maximum absolute atomic E-state index is 12.5. The summed E-state index contributed by atoms with van der Waals surface area (Å²) in [5, 5.41) is 0. The minimum absolute atomic E-state index is 0.492. The van der Waals surface area contributed by atoms with E-state index in [-0.39, 0.29) is 0 Å². The first-order valence-electron chi connectivity index (χ1n) is 4.44. The molecule has 0 bridgehead atoms. The van der Waals surface area contributed by atoms with Gasteiger partial charge in [-0.3, -0.25) is 0 Å². The minimum Gasteiger partial charge on any atom is -0.494 e. The lowest BCUT2D eigenvalue weighted by Gasteiger charge is -2.15. The Morgan fingerprint density at radius 1 is 1.41 bits per heavy atom. The van der Waals surface area contributed by atoms with Crippen molar-refractivity contribution in [2.45, 2.75) is 19.1 Å². The van der Waals surface area contributed by atoms with E-state index >= 15 is 0 Å². The van der Waals surface area contributed by atoms with Crippen molar-refractivity contribution in [3.8, 4) is 5.75 Å². The van der Waals surface area contributed by atoms with Crippen molar-refractivity contribution < 1.29 is 26.7 Å². The number of hydrogen-bond donors (Lipinski definition) is 1. The normalized spacial score (nSPS) is 12.0. The topological polar surface area (TPSA) is 48.1 Å². The smallest absolute Gasteiger partial charge is 0.437 e. The van der Waals surface area contributed by atoms with Crippen LogP contribution in [-0.4, -0.2) is 12.1 Å². The zero-order valence-electron chi connectivity index (χ0n) is 8.68. The highest BCUT2D eigenvalue weighted by Crippen LogP contribution is 2.37. The highest BCUT2D eigenvalue weighted by Gasteiger charge is 2.37. The van der Waals surface area contributed by atoms with E-state index in [4.69, 9.17) is 5.73 Å². The van der Waals surface area contributed by atoms with Crippen molar-refractivity contribution in [3.63, 3.8) is 0 Å². The number of nitrogens with zero attached hydrogens (tertiary/aromatic N) is 1. The zero-order chi connectivity index (χ0) is 13.2. The summed E-state index contributed by atoms with van der Waals surface area (Å²) in [6.45, 7) is -0.507. The highest BCUT2D eigenvalue weighted by atomic mass is 19.4. The van der Waals surface area contributed by atoms with Crippen molar-refractivity contribution in [2.75, 3.05) is 7.11 Å². The van der Waals surface area contributed by atoms with Crippen LogP contribution in [0.4, 0.5) is 22.0 Å². The number of hydrogen-bond acceptors (Lipinski definition) is 3. The average Bonchev–Trinajstić information content (AvgIpc) is 2.25. The van der Waals surface area contributed by atoms with E-state index in [1.807, 2.05) is 0 Å². The van der Waals surface area contributed by atoms with Gasteiger partial charge in [0.05, 0.1) is 12.8 Å². The number of halogens is 5. The van der Waals surface area contributed by atoms with Crippen LogP contribution in [0.2, 0.25) is 0 Å². The molecule has 0 aromatic carbocycles. The Labute approximate surface area is 93.4 Å². The Bertz CT molecular complexity index is 405. The molecule has 0 spiro atoms. The summed E-state index contributed by atoms with van der Waals surface area (Å²) in [6.07, 6.45) is -7.74. The Morgan fingerprint density at radius 2 is 2.00 bits per heavy atom. The van der Waals surface area contributed by atoms with Crippen LogP contribution in [-0.2, 0) is 12.7 Å². The second-order valence-electron chi connectivity index (χ2n) is 3.08. The molecule has 0 unspecified atom stereocenters. The summed E-state index contributed by atoms with van der Waals surface area (Å²) in [7, 11) is 0.948. The molecule has 0 aliphatic carbocycles. The molecule has 0 saturated heterocycles. The molecule has 0 radical (unpaired) electrons. The number of ether oxygens (including phenoxy) is 1. The Balaban J connectivity index is 3.44. The van der Waals surface area contributed by atoms with Gasteiger partial charge in [0.25, 0.3) is 6.43 Å². The van der Waals surface area contributed by atoms with Gasteiger partial charge in [-0.15, -0.1) is 0 Å². The number of rotatable bonds is 3. The van der Waals surface area contributed by atoms with Gasteiger partial charge < -0.3 is 10.5 Å². The minimum atomic E-state index is -4.78. The molecule has 8 heteroatoms. The number of aromatic nitrogens is 1. The second-order valence-corrected chi connectivity index (χ2v) is 3.08. The largest absolute Gasteiger partial charge is 0.494 e. The third-order valence-corrected chi connectivity index (χ3v) is 2.02. The monoisotopic (exact) mass is 256 g/mol. The quantitative estimate of drug-likeness (QED) is 0.845. The number of methoxy groups -OCH3 is 1. The van der Waals surface area contributed by atoms with E-state index in [0.717, 1.165) is 7.11 Å². The lowest BCUT2D eigenvalue weighted by molar-refractivity contribution is -0.142. The Kier molecular flexibility index (Phi) is 3.87. The van der Waals surface area contributed by atoms with Gasteiger partial charge >= 0.3 is 6.18 Å². The summed E-state index contributed by atoms with van der Waals surface area (Å²) < 4.78 is 67.0. The predicted octanol–water partition coefficient (Wildman–Crippen LogP) is 2.51. The van der Waals surface area contributed by atoms with Gasteiger partial charge in [0.15, 0.2) is 5.69 Å². The van der Waals surface area contributed by atoms with E-state index in [9.17, 15) is 22.0 Å². The van der Waals surface area contributed by atoms with Gasteiger partial charge in [-0.2, -0.15) is 13.2 Å². The lowest BCUT2D eigenvalue weighted by Crippen LogP contribution is -2.15. The molecule has 96 valence electrons. The molecule has 0 aliphatic heterocycles. The van der Waals surface area contributed by atoms with Gasteiger partial charge in [-0.1, -0.05) is 0 Å². The molecule has 0 atom stereocenters. The number of alkyl halides is 5. The molecule has 0 saturated carbocycles. The molecule has 0 fully saturated rings. The fraction of sp³-hybridized carbons (Fsp3) is 0.444. The summed E-state index contributed by atoms with van der Waals surface area (Å²) >= 11 is 0. The van der Waals surface area contributed by atoms with Gasteiger partial charge in [0.2, 0.25) is 0 Å². The number of pyridine rings is 1. The van der Waals surface area contributed by atoms with E-state index in [1.165, 1.54) is 0 Å². The van der Waals surface area contributed by atoms with Gasteiger partial charge in [0.1, 0.15) is 5.75 Å². The maximum Gasteiger partial charge on any atom is 0.437 e. The van der Waals surface area contributed by atoms with Gasteiger partial charge in [-0.05, 0) is 6.07 Å². The average molecular weight is 256 g/mol. The molecule has 17 heavy (non-hydrogen) atoms. The van der Waals surface area contributed by atoms with Crippen LogP contribution in [0.15, 0.2) is 6.07 Å². The van der Waals surface area contributed by atoms with Crippen molar-refractivity contribution in [1.82, 2.24) is 4.98 Å². The summed E-state index contributed by atoms with van der Waals surface area (Å²) in [5.41, 5.74) is 2.58. The van der Waals surface area contributed by atoms with Crippen molar-refractivity contribution in [3.05, 3.63) is 23.0 Å². The standard InChI is InChI=1S/C9H9F5N2O/c1-17-6-2-4(8(10)11)5(3-15)16-7(6)9(12,13)14/h2,8H,3,15H2,1H3. The van der Waals surface area contributed by atoms with Crippen molar-refractivity contribution in [2.24, 2.45) is 5.73 Å². The van der Waals surface area contributed by atoms with Crippen molar-refractivity contribution >= 4 is 0 Å². The molecule has 1 rings (SSSR count). The van der Waals surface area contributed by atoms with Crippen LogP contribution in [0.25, 0.3) is 0 Å². The van der Waals surface area contributed by atoms with E-state index in [1.54, 1.807) is 0 Å².